The van der Waals surface area contributed by atoms with Crippen molar-refractivity contribution >= 4 is 34.2 Å². The minimum absolute atomic E-state index is 0.219. The molecule has 3 aromatic rings. The summed E-state index contributed by atoms with van der Waals surface area (Å²) in [6.07, 6.45) is 8.12. The summed E-state index contributed by atoms with van der Waals surface area (Å²) >= 11 is 1.74. The van der Waals surface area contributed by atoms with Crippen LogP contribution < -0.4 is 5.32 Å². The van der Waals surface area contributed by atoms with Gasteiger partial charge in [0.1, 0.15) is 11.9 Å². The van der Waals surface area contributed by atoms with E-state index < -0.39 is 12.0 Å². The Bertz CT molecular complexity index is 1150. The number of fused-ring (bicyclic) bond motifs is 1. The van der Waals surface area contributed by atoms with E-state index in [-0.39, 0.29) is 11.8 Å². The van der Waals surface area contributed by atoms with Gasteiger partial charge in [0.05, 0.1) is 11.0 Å². The Kier molecular flexibility index (Phi) is 8.26. The van der Waals surface area contributed by atoms with Crippen LogP contribution in [0.5, 0.6) is 0 Å². The topological polar surface area (TPSA) is 84.2 Å². The number of carbonyl (C=O) groups is 2. The standard InChI is InChI=1S/C28H37N3O3S/c1-4-18(3)15-23(28(33)34)30-27(32)20-12-13-25-22(16-20)29-26(17-21-10-8-14-35-21)31(25)24-11-7-6-9-19(24)5-2/h8,10,12-14,16,18-19,23-24H,4-7,9,11,15,17H2,1-3H3,(H,30,32)(H,33,34)/t18?,19?,23-,24?/m0/s1. The molecule has 1 aliphatic rings. The molecule has 2 aromatic heterocycles. The molecule has 1 aliphatic carbocycles. The van der Waals surface area contributed by atoms with Crippen LogP contribution in [0.3, 0.4) is 0 Å². The predicted molar refractivity (Wildman–Crippen MR) is 141 cm³/mol. The van der Waals surface area contributed by atoms with E-state index in [9.17, 15) is 14.7 Å². The maximum Gasteiger partial charge on any atom is 0.326 e. The second-order valence-corrected chi connectivity index (χ2v) is 11.0. The Morgan fingerprint density at radius 1 is 1.23 bits per heavy atom. The van der Waals surface area contributed by atoms with Gasteiger partial charge < -0.3 is 15.0 Å². The molecule has 0 radical (unpaired) electrons. The second kappa shape index (κ2) is 11.4. The summed E-state index contributed by atoms with van der Waals surface area (Å²) in [7, 11) is 0. The molecular weight excluding hydrogens is 458 g/mol. The number of carboxylic acids is 1. The highest BCUT2D eigenvalue weighted by atomic mass is 32.1. The van der Waals surface area contributed by atoms with Crippen molar-refractivity contribution in [2.45, 2.75) is 84.2 Å². The van der Waals surface area contributed by atoms with Crippen molar-refractivity contribution in [1.82, 2.24) is 14.9 Å². The zero-order valence-electron chi connectivity index (χ0n) is 21.0. The van der Waals surface area contributed by atoms with Crippen LogP contribution in [0.2, 0.25) is 0 Å². The van der Waals surface area contributed by atoms with Gasteiger partial charge in [0.15, 0.2) is 0 Å². The van der Waals surface area contributed by atoms with Gasteiger partial charge in [-0.1, -0.05) is 52.5 Å². The van der Waals surface area contributed by atoms with Crippen molar-refractivity contribution in [1.29, 1.82) is 0 Å². The molecule has 2 heterocycles. The molecule has 0 saturated heterocycles. The number of aromatic nitrogens is 2. The molecule has 1 saturated carbocycles. The number of amides is 1. The molecule has 1 fully saturated rings. The molecule has 1 aromatic carbocycles. The third-order valence-electron chi connectivity index (χ3n) is 7.60. The quantitative estimate of drug-likeness (QED) is 0.338. The van der Waals surface area contributed by atoms with Crippen molar-refractivity contribution in [2.24, 2.45) is 11.8 Å². The predicted octanol–water partition coefficient (Wildman–Crippen LogP) is 6.45. The average molecular weight is 496 g/mol. The Morgan fingerprint density at radius 3 is 2.71 bits per heavy atom. The third-order valence-corrected chi connectivity index (χ3v) is 8.48. The van der Waals surface area contributed by atoms with Crippen LogP contribution in [0.1, 0.15) is 92.8 Å². The molecule has 6 nitrogen and oxygen atoms in total. The van der Waals surface area contributed by atoms with E-state index in [1.807, 2.05) is 32.0 Å². The zero-order chi connectivity index (χ0) is 24.9. The van der Waals surface area contributed by atoms with E-state index in [0.29, 0.717) is 23.9 Å². The summed E-state index contributed by atoms with van der Waals surface area (Å²) in [6, 6.07) is 9.38. The van der Waals surface area contributed by atoms with Gasteiger partial charge in [-0.15, -0.1) is 11.3 Å². The average Bonchev–Trinajstić information content (AvgIpc) is 3.50. The summed E-state index contributed by atoms with van der Waals surface area (Å²) in [6.45, 7) is 6.31. The lowest BCUT2D eigenvalue weighted by molar-refractivity contribution is -0.139. The first-order valence-electron chi connectivity index (χ1n) is 13.0. The number of carboxylic acid groups (broad SMARTS) is 1. The number of nitrogens with zero attached hydrogens (tertiary/aromatic N) is 2. The summed E-state index contributed by atoms with van der Waals surface area (Å²) in [4.78, 5) is 31.0. The first-order chi connectivity index (χ1) is 16.9. The van der Waals surface area contributed by atoms with Gasteiger partial charge in [-0.2, -0.15) is 0 Å². The summed E-state index contributed by atoms with van der Waals surface area (Å²) in [5.41, 5.74) is 2.32. The lowest BCUT2D eigenvalue weighted by Gasteiger charge is -2.33. The molecule has 188 valence electrons. The van der Waals surface area contributed by atoms with Crippen LogP contribution >= 0.6 is 11.3 Å². The molecule has 7 heteroatoms. The number of rotatable bonds is 10. The number of hydrogen-bond donors (Lipinski definition) is 2. The normalized spacial score (nSPS) is 20.0. The first kappa shape index (κ1) is 25.4. The fourth-order valence-corrected chi connectivity index (χ4v) is 6.09. The summed E-state index contributed by atoms with van der Waals surface area (Å²) in [5.74, 6) is 0.538. The highest BCUT2D eigenvalue weighted by Gasteiger charge is 2.29. The summed E-state index contributed by atoms with van der Waals surface area (Å²) in [5, 5.41) is 14.4. The maximum atomic E-state index is 13.0. The number of nitrogens with one attached hydrogen (secondary N) is 1. The van der Waals surface area contributed by atoms with Gasteiger partial charge in [0.2, 0.25) is 0 Å². The van der Waals surface area contributed by atoms with Gasteiger partial charge in [-0.25, -0.2) is 9.78 Å². The molecule has 4 atom stereocenters. The van der Waals surface area contributed by atoms with Crippen molar-refractivity contribution in [2.75, 3.05) is 0 Å². The minimum atomic E-state index is -0.995. The maximum absolute atomic E-state index is 13.0. The van der Waals surface area contributed by atoms with Crippen LogP contribution in [-0.4, -0.2) is 32.6 Å². The van der Waals surface area contributed by atoms with Crippen LogP contribution in [0.15, 0.2) is 35.7 Å². The Labute approximate surface area is 211 Å². The smallest absolute Gasteiger partial charge is 0.326 e. The number of benzene rings is 1. The number of thiophene rings is 1. The van der Waals surface area contributed by atoms with Crippen molar-refractivity contribution < 1.29 is 14.7 Å². The second-order valence-electron chi connectivity index (χ2n) is 9.99. The Morgan fingerprint density at radius 2 is 2.03 bits per heavy atom. The number of hydrogen-bond acceptors (Lipinski definition) is 4. The molecule has 0 spiro atoms. The van der Waals surface area contributed by atoms with Crippen molar-refractivity contribution in [3.63, 3.8) is 0 Å². The van der Waals surface area contributed by atoms with Gasteiger partial charge in [0.25, 0.3) is 5.91 Å². The van der Waals surface area contributed by atoms with Crippen LogP contribution in [0, 0.1) is 11.8 Å². The van der Waals surface area contributed by atoms with E-state index >= 15 is 0 Å². The largest absolute Gasteiger partial charge is 0.480 e. The first-order valence-corrected chi connectivity index (χ1v) is 13.9. The SMILES string of the molecule is CCC(C)C[C@H](NC(=O)c1ccc2c(c1)nc(Cc1cccs1)n2C1CCCCC1CC)C(=O)O. The lowest BCUT2D eigenvalue weighted by Crippen LogP contribution is -2.41. The molecule has 4 rings (SSSR count). The fraction of sp³-hybridized carbons (Fsp3) is 0.536. The molecule has 1 amide bonds. The van der Waals surface area contributed by atoms with Crippen LogP contribution in [0.25, 0.3) is 11.0 Å². The van der Waals surface area contributed by atoms with Gasteiger partial charge >= 0.3 is 5.97 Å². The van der Waals surface area contributed by atoms with Gasteiger partial charge in [-0.05, 0) is 60.7 Å². The highest BCUT2D eigenvalue weighted by Crippen LogP contribution is 2.39. The number of carbonyl (C=O) groups excluding carboxylic acids is 1. The van der Waals surface area contributed by atoms with Crippen LogP contribution in [-0.2, 0) is 11.2 Å². The number of imidazole rings is 1. The Balaban J connectivity index is 1.68. The van der Waals surface area contributed by atoms with Gasteiger partial charge in [0, 0.05) is 22.9 Å². The monoisotopic (exact) mass is 495 g/mol. The fourth-order valence-electron chi connectivity index (χ4n) is 5.39. The van der Waals surface area contributed by atoms with Gasteiger partial charge in [-0.3, -0.25) is 4.79 Å². The van der Waals surface area contributed by atoms with E-state index in [0.717, 1.165) is 42.5 Å². The van der Waals surface area contributed by atoms with E-state index in [2.05, 4.69) is 34.3 Å². The lowest BCUT2D eigenvalue weighted by atomic mass is 9.82. The van der Waals surface area contributed by atoms with Crippen LogP contribution in [0.4, 0.5) is 0 Å². The zero-order valence-corrected chi connectivity index (χ0v) is 21.8. The molecular formula is C28H37N3O3S. The summed E-state index contributed by atoms with van der Waals surface area (Å²) < 4.78 is 2.44. The molecule has 2 N–H and O–H groups in total. The van der Waals surface area contributed by atoms with E-state index in [1.165, 1.54) is 24.1 Å². The Hall–Kier alpha value is -2.67. The van der Waals surface area contributed by atoms with E-state index in [1.54, 1.807) is 11.3 Å². The highest BCUT2D eigenvalue weighted by molar-refractivity contribution is 7.09. The molecule has 35 heavy (non-hydrogen) atoms. The number of aliphatic carboxylic acids is 1. The molecule has 0 aliphatic heterocycles. The minimum Gasteiger partial charge on any atom is -0.480 e. The molecule has 3 unspecified atom stereocenters. The van der Waals surface area contributed by atoms with Crippen molar-refractivity contribution in [3.8, 4) is 0 Å². The molecule has 0 bridgehead atoms. The third kappa shape index (κ3) is 5.77. The van der Waals surface area contributed by atoms with Crippen molar-refractivity contribution in [3.05, 3.63) is 52.0 Å². The van der Waals surface area contributed by atoms with E-state index in [4.69, 9.17) is 4.98 Å².